The summed E-state index contributed by atoms with van der Waals surface area (Å²) in [5, 5.41) is 11.9. The minimum Gasteiger partial charge on any atom is -0.490 e. The third-order valence-electron chi connectivity index (χ3n) is 5.65. The van der Waals surface area contributed by atoms with Crippen LogP contribution in [0.1, 0.15) is 49.3 Å². The molecule has 0 radical (unpaired) electrons. The molecular weight excluding hydrogens is 364 g/mol. The highest BCUT2D eigenvalue weighted by Gasteiger charge is 2.42. The van der Waals surface area contributed by atoms with Crippen LogP contribution in [0.3, 0.4) is 0 Å². The van der Waals surface area contributed by atoms with Gasteiger partial charge < -0.3 is 15.2 Å². The Balaban J connectivity index is 1.63. The molecule has 2 N–H and O–H groups in total. The SMILES string of the molecule is O=C(O)CCCNC1c2c(F)c(OCC3CCC3)c(-c3ccccc3)c1c2F. The molecule has 1 unspecified atom stereocenters. The highest BCUT2D eigenvalue weighted by atomic mass is 19.1. The van der Waals surface area contributed by atoms with Gasteiger partial charge in [0.25, 0.3) is 0 Å². The Bertz CT molecular complexity index is 881. The molecule has 0 amide bonds. The Hall–Kier alpha value is -2.47. The van der Waals surface area contributed by atoms with E-state index in [0.29, 0.717) is 42.2 Å². The van der Waals surface area contributed by atoms with Crippen LogP contribution in [0.15, 0.2) is 30.3 Å². The number of halogens is 2. The maximum absolute atomic E-state index is 15.2. The third kappa shape index (κ3) is 3.37. The van der Waals surface area contributed by atoms with Crippen LogP contribution in [0.2, 0.25) is 0 Å². The molecule has 1 fully saturated rings. The first-order valence-corrected chi connectivity index (χ1v) is 9.76. The Labute approximate surface area is 162 Å². The van der Waals surface area contributed by atoms with Gasteiger partial charge >= 0.3 is 5.97 Å². The summed E-state index contributed by atoms with van der Waals surface area (Å²) in [6.45, 7) is 0.808. The summed E-state index contributed by atoms with van der Waals surface area (Å²) < 4.78 is 35.8. The first-order valence-electron chi connectivity index (χ1n) is 9.76. The number of carboxylic acids is 1. The quantitative estimate of drug-likeness (QED) is 0.614. The molecule has 2 bridgehead atoms. The van der Waals surface area contributed by atoms with E-state index in [9.17, 15) is 9.18 Å². The van der Waals surface area contributed by atoms with Gasteiger partial charge in [0, 0.05) is 23.1 Å². The van der Waals surface area contributed by atoms with Crippen molar-refractivity contribution in [2.75, 3.05) is 13.2 Å². The average molecular weight is 387 g/mol. The van der Waals surface area contributed by atoms with Crippen LogP contribution in [0.4, 0.5) is 8.78 Å². The Morgan fingerprint density at radius 3 is 2.54 bits per heavy atom. The second-order valence-corrected chi connectivity index (χ2v) is 7.52. The molecular formula is C22H23F2NO3. The minimum absolute atomic E-state index is 0.00591. The van der Waals surface area contributed by atoms with Gasteiger partial charge in [-0.25, -0.2) is 8.78 Å². The summed E-state index contributed by atoms with van der Waals surface area (Å²) in [5.74, 6) is -1.51. The average Bonchev–Trinajstić information content (AvgIpc) is 2.64. The smallest absolute Gasteiger partial charge is 0.303 e. The summed E-state index contributed by atoms with van der Waals surface area (Å²) in [6.07, 6.45) is 3.74. The molecule has 0 aliphatic heterocycles. The van der Waals surface area contributed by atoms with Gasteiger partial charge in [-0.3, -0.25) is 4.79 Å². The molecule has 2 aromatic rings. The fraction of sp³-hybridized carbons (Fsp3) is 0.409. The summed E-state index contributed by atoms with van der Waals surface area (Å²) in [4.78, 5) is 10.7. The van der Waals surface area contributed by atoms with Crippen molar-refractivity contribution in [2.24, 2.45) is 5.92 Å². The first kappa shape index (κ1) is 18.9. The highest BCUT2D eigenvalue weighted by molar-refractivity contribution is 5.80. The van der Waals surface area contributed by atoms with Crippen molar-refractivity contribution in [2.45, 2.75) is 38.1 Å². The van der Waals surface area contributed by atoms with Crippen molar-refractivity contribution >= 4 is 5.97 Å². The lowest BCUT2D eigenvalue weighted by Gasteiger charge is -2.36. The lowest BCUT2D eigenvalue weighted by molar-refractivity contribution is -0.137. The van der Waals surface area contributed by atoms with Gasteiger partial charge in [-0.1, -0.05) is 36.8 Å². The Morgan fingerprint density at radius 2 is 1.89 bits per heavy atom. The molecule has 4 nitrogen and oxygen atoms in total. The predicted octanol–water partition coefficient (Wildman–Crippen LogP) is 4.67. The van der Waals surface area contributed by atoms with Gasteiger partial charge in [0.15, 0.2) is 11.6 Å². The maximum Gasteiger partial charge on any atom is 0.303 e. The number of rotatable bonds is 9. The van der Waals surface area contributed by atoms with E-state index in [2.05, 4.69) is 5.32 Å². The highest BCUT2D eigenvalue weighted by Crippen LogP contribution is 2.52. The van der Waals surface area contributed by atoms with Crippen LogP contribution >= 0.6 is 0 Å². The van der Waals surface area contributed by atoms with Crippen molar-refractivity contribution in [1.29, 1.82) is 0 Å². The molecule has 3 aliphatic carbocycles. The number of carbonyl (C=O) groups is 1. The molecule has 0 spiro atoms. The number of hydrogen-bond donors (Lipinski definition) is 2. The number of fused-ring (bicyclic) bond motifs is 2. The van der Waals surface area contributed by atoms with Crippen LogP contribution in [0, 0.1) is 17.6 Å². The molecule has 1 atom stereocenters. The van der Waals surface area contributed by atoms with Crippen molar-refractivity contribution in [3.05, 3.63) is 53.1 Å². The number of nitrogens with one attached hydrogen (secondary N) is 1. The van der Waals surface area contributed by atoms with Crippen LogP contribution in [-0.4, -0.2) is 24.2 Å². The number of benzene rings is 2. The van der Waals surface area contributed by atoms with E-state index >= 15 is 4.39 Å². The fourth-order valence-corrected chi connectivity index (χ4v) is 3.87. The molecule has 148 valence electrons. The summed E-state index contributed by atoms with van der Waals surface area (Å²) in [5.41, 5.74) is 1.57. The standard InChI is InChI=1S/C22H23F2NO3/c23-19-17-16(14-8-2-1-3-9-14)22(28-12-13-6-4-7-13)20(24)18(19)21(17)25-11-5-10-15(26)27/h1-3,8-9,13,21,25H,4-7,10-12H2,(H,26,27). The molecule has 0 heterocycles. The molecule has 28 heavy (non-hydrogen) atoms. The molecule has 0 saturated heterocycles. The van der Waals surface area contributed by atoms with Gasteiger partial charge in [-0.05, 0) is 37.3 Å². The van der Waals surface area contributed by atoms with E-state index in [0.717, 1.165) is 12.8 Å². The topological polar surface area (TPSA) is 58.6 Å². The van der Waals surface area contributed by atoms with Gasteiger partial charge in [0.05, 0.1) is 12.6 Å². The number of hydrogen-bond acceptors (Lipinski definition) is 3. The Morgan fingerprint density at radius 1 is 1.14 bits per heavy atom. The maximum atomic E-state index is 15.2. The second-order valence-electron chi connectivity index (χ2n) is 7.52. The lowest BCUT2D eigenvalue weighted by atomic mass is 9.78. The zero-order valence-electron chi connectivity index (χ0n) is 15.5. The molecule has 3 aliphatic rings. The van der Waals surface area contributed by atoms with Crippen molar-refractivity contribution in [3.8, 4) is 16.9 Å². The number of aliphatic carboxylic acids is 1. The Kier molecular flexibility index (Phi) is 5.31. The number of ether oxygens (including phenoxy) is 1. The number of carboxylic acid groups (broad SMARTS) is 1. The largest absolute Gasteiger partial charge is 0.490 e. The molecule has 0 aromatic heterocycles. The molecule has 6 heteroatoms. The lowest BCUT2D eigenvalue weighted by Crippen LogP contribution is -2.35. The van der Waals surface area contributed by atoms with Crippen molar-refractivity contribution < 1.29 is 23.4 Å². The molecule has 5 rings (SSSR count). The van der Waals surface area contributed by atoms with Crippen molar-refractivity contribution in [1.82, 2.24) is 5.32 Å². The van der Waals surface area contributed by atoms with Gasteiger partial charge in [0.2, 0.25) is 0 Å². The van der Waals surface area contributed by atoms with E-state index in [1.807, 2.05) is 30.3 Å². The fourth-order valence-electron chi connectivity index (χ4n) is 3.87. The predicted molar refractivity (Wildman–Crippen MR) is 101 cm³/mol. The van der Waals surface area contributed by atoms with Gasteiger partial charge in [0.1, 0.15) is 5.82 Å². The summed E-state index contributed by atoms with van der Waals surface area (Å²) in [6, 6.07) is 8.58. The van der Waals surface area contributed by atoms with E-state index in [-0.39, 0.29) is 17.7 Å². The normalized spacial score (nSPS) is 17.7. The summed E-state index contributed by atoms with van der Waals surface area (Å²) in [7, 11) is 0. The second kappa shape index (κ2) is 7.87. The van der Waals surface area contributed by atoms with E-state index in [1.54, 1.807) is 0 Å². The third-order valence-corrected chi connectivity index (χ3v) is 5.65. The van der Waals surface area contributed by atoms with Gasteiger partial charge in [-0.2, -0.15) is 0 Å². The van der Waals surface area contributed by atoms with Crippen molar-refractivity contribution in [3.63, 3.8) is 0 Å². The first-order chi connectivity index (χ1) is 13.6. The van der Waals surface area contributed by atoms with Gasteiger partial charge in [-0.15, -0.1) is 0 Å². The van der Waals surface area contributed by atoms with Crippen LogP contribution in [-0.2, 0) is 4.79 Å². The van der Waals surface area contributed by atoms with Crippen LogP contribution in [0.25, 0.3) is 11.1 Å². The minimum atomic E-state index is -0.886. The monoisotopic (exact) mass is 387 g/mol. The van der Waals surface area contributed by atoms with E-state index in [4.69, 9.17) is 9.84 Å². The summed E-state index contributed by atoms with van der Waals surface area (Å²) >= 11 is 0. The van der Waals surface area contributed by atoms with Crippen LogP contribution in [0.5, 0.6) is 5.75 Å². The van der Waals surface area contributed by atoms with E-state index < -0.39 is 23.6 Å². The molecule has 1 saturated carbocycles. The zero-order chi connectivity index (χ0) is 19.7. The zero-order valence-corrected chi connectivity index (χ0v) is 15.5. The molecule has 2 aromatic carbocycles. The van der Waals surface area contributed by atoms with E-state index in [1.165, 1.54) is 6.42 Å². The van der Waals surface area contributed by atoms with Crippen LogP contribution < -0.4 is 10.1 Å².